The van der Waals surface area contributed by atoms with E-state index >= 15 is 0 Å². The average Bonchev–Trinajstić information content (AvgIpc) is 2.28. The number of hydrogen-bond acceptors (Lipinski definition) is 2. The van der Waals surface area contributed by atoms with E-state index in [1.54, 1.807) is 0 Å². The maximum atomic E-state index is 10.8. The van der Waals surface area contributed by atoms with Crippen molar-refractivity contribution >= 4 is 11.8 Å². The first kappa shape index (κ1) is 11.6. The van der Waals surface area contributed by atoms with E-state index in [0.29, 0.717) is 0 Å². The second kappa shape index (κ2) is 6.06. The molecule has 1 N–H and O–H groups in total. The van der Waals surface area contributed by atoms with E-state index in [2.05, 4.69) is 24.1 Å². The minimum absolute atomic E-state index is 0.545. The molecule has 1 radical (unpaired) electrons. The molecule has 15 heavy (non-hydrogen) atoms. The molecule has 0 fully saturated rings. The smallest absolute Gasteiger partial charge is 0.411 e. The summed E-state index contributed by atoms with van der Waals surface area (Å²) in [6.07, 6.45) is 2.91. The van der Waals surface area contributed by atoms with Gasteiger partial charge in [0.15, 0.2) is 0 Å². The molecular weight excluding hydrogens is 190 g/mol. The second-order valence-electron chi connectivity index (χ2n) is 3.36. The maximum absolute atomic E-state index is 10.8. The van der Waals surface area contributed by atoms with Gasteiger partial charge in [0.2, 0.25) is 0 Å². The molecule has 1 amide bonds. The zero-order chi connectivity index (χ0) is 11.1. The Kier molecular flexibility index (Phi) is 4.68. The van der Waals surface area contributed by atoms with E-state index in [-0.39, 0.29) is 0 Å². The number of hydrogen-bond donors (Lipinski definition) is 1. The summed E-state index contributed by atoms with van der Waals surface area (Å²) in [6.45, 7) is 2.17. The summed E-state index contributed by atoms with van der Waals surface area (Å²) >= 11 is 0. The average molecular weight is 206 g/mol. The lowest BCUT2D eigenvalue weighted by Gasteiger charge is -2.04. The van der Waals surface area contributed by atoms with Gasteiger partial charge < -0.3 is 4.74 Å². The molecule has 0 aliphatic rings. The lowest BCUT2D eigenvalue weighted by molar-refractivity contribution is 0.199. The van der Waals surface area contributed by atoms with Crippen LogP contribution in [0.4, 0.5) is 10.5 Å². The highest BCUT2D eigenvalue weighted by molar-refractivity contribution is 5.84. The highest BCUT2D eigenvalue weighted by Crippen LogP contribution is 2.11. The number of anilines is 1. The first-order valence-electron chi connectivity index (χ1n) is 5.08. The largest absolute Gasteiger partial charge is 0.446 e. The molecule has 3 heteroatoms. The predicted octanol–water partition coefficient (Wildman–Crippen LogP) is 3.37. The fourth-order valence-corrected chi connectivity index (χ4v) is 1.29. The lowest BCUT2D eigenvalue weighted by Crippen LogP contribution is -2.09. The van der Waals surface area contributed by atoms with Crippen molar-refractivity contribution < 1.29 is 9.53 Å². The van der Waals surface area contributed by atoms with Crippen molar-refractivity contribution in [1.82, 2.24) is 0 Å². The Labute approximate surface area is 90.4 Å². The predicted molar refractivity (Wildman–Crippen MR) is 60.5 cm³/mol. The van der Waals surface area contributed by atoms with Crippen molar-refractivity contribution in [2.24, 2.45) is 0 Å². The molecule has 0 saturated carbocycles. The summed E-state index contributed by atoms with van der Waals surface area (Å²) in [5.41, 5.74) is 2.01. The number of carbonyl (C=O) groups is 1. The van der Waals surface area contributed by atoms with Crippen molar-refractivity contribution in [2.45, 2.75) is 26.2 Å². The number of ether oxygens (including phenoxy) is 1. The van der Waals surface area contributed by atoms with Gasteiger partial charge in [-0.15, -0.1) is 0 Å². The number of nitrogens with one attached hydrogen (secondary N) is 1. The van der Waals surface area contributed by atoms with Crippen molar-refractivity contribution in [3.8, 4) is 0 Å². The van der Waals surface area contributed by atoms with Crippen molar-refractivity contribution in [2.75, 3.05) is 5.32 Å². The molecule has 0 spiro atoms. The third-order valence-corrected chi connectivity index (χ3v) is 2.15. The monoisotopic (exact) mass is 206 g/mol. The van der Waals surface area contributed by atoms with Crippen LogP contribution < -0.4 is 5.32 Å². The van der Waals surface area contributed by atoms with Crippen LogP contribution in [0.15, 0.2) is 24.3 Å². The zero-order valence-corrected chi connectivity index (χ0v) is 8.95. The van der Waals surface area contributed by atoms with Gasteiger partial charge in [-0.25, -0.2) is 4.79 Å². The van der Waals surface area contributed by atoms with Crippen molar-refractivity contribution in [3.05, 3.63) is 36.9 Å². The van der Waals surface area contributed by atoms with Crippen LogP contribution in [0.25, 0.3) is 0 Å². The summed E-state index contributed by atoms with van der Waals surface area (Å²) in [4.78, 5) is 10.8. The Morgan fingerprint density at radius 1 is 1.40 bits per heavy atom. The Morgan fingerprint density at radius 3 is 2.60 bits per heavy atom. The van der Waals surface area contributed by atoms with E-state index in [0.717, 1.165) is 12.1 Å². The molecule has 0 aliphatic heterocycles. The van der Waals surface area contributed by atoms with Gasteiger partial charge in [-0.2, -0.15) is 0 Å². The Bertz CT molecular complexity index is 306. The van der Waals surface area contributed by atoms with E-state index < -0.39 is 6.09 Å². The topological polar surface area (TPSA) is 38.3 Å². The fourth-order valence-electron chi connectivity index (χ4n) is 1.29. The minimum Gasteiger partial charge on any atom is -0.446 e. The number of unbranched alkanes of at least 4 members (excludes halogenated alkanes) is 1. The molecular formula is C12H16NO2. The third kappa shape index (κ3) is 4.02. The standard InChI is InChI=1S/C12H16NO2/c1-3-4-5-10-6-8-11(9-7-10)13-12(14)15-2/h6-9H,2-5H2,1H3,(H,13,14). The van der Waals surface area contributed by atoms with Gasteiger partial charge >= 0.3 is 6.09 Å². The van der Waals surface area contributed by atoms with E-state index in [9.17, 15) is 4.79 Å². The van der Waals surface area contributed by atoms with Gasteiger partial charge in [-0.3, -0.25) is 5.32 Å². The SMILES string of the molecule is [CH2]OC(=O)Nc1ccc(CCCC)cc1. The van der Waals surface area contributed by atoms with Crippen molar-refractivity contribution in [1.29, 1.82) is 0 Å². The molecule has 1 aromatic carbocycles. The molecule has 0 unspecified atom stereocenters. The summed E-state index contributed by atoms with van der Waals surface area (Å²) in [7, 11) is 3.03. The Morgan fingerprint density at radius 2 is 2.07 bits per heavy atom. The number of carbonyl (C=O) groups excluding carboxylic acids is 1. The first-order valence-corrected chi connectivity index (χ1v) is 5.08. The fraction of sp³-hybridized carbons (Fsp3) is 0.333. The molecule has 81 valence electrons. The highest BCUT2D eigenvalue weighted by atomic mass is 16.5. The van der Waals surface area contributed by atoms with Crippen LogP contribution in [-0.2, 0) is 11.2 Å². The van der Waals surface area contributed by atoms with Crippen molar-refractivity contribution in [3.63, 3.8) is 0 Å². The molecule has 3 nitrogen and oxygen atoms in total. The Balaban J connectivity index is 2.52. The van der Waals surface area contributed by atoms with Crippen LogP contribution in [-0.4, -0.2) is 6.09 Å². The van der Waals surface area contributed by atoms with E-state index in [1.807, 2.05) is 24.3 Å². The minimum atomic E-state index is -0.545. The van der Waals surface area contributed by atoms with Gasteiger partial charge in [-0.05, 0) is 30.5 Å². The second-order valence-corrected chi connectivity index (χ2v) is 3.36. The highest BCUT2D eigenvalue weighted by Gasteiger charge is 1.99. The van der Waals surface area contributed by atoms with E-state index in [4.69, 9.17) is 0 Å². The lowest BCUT2D eigenvalue weighted by atomic mass is 10.1. The number of benzene rings is 1. The number of amides is 1. The normalized spacial score (nSPS) is 9.73. The molecule has 0 aromatic heterocycles. The summed E-state index contributed by atoms with van der Waals surface area (Å²) in [5, 5.41) is 2.55. The van der Waals surface area contributed by atoms with Gasteiger partial charge in [-0.1, -0.05) is 25.5 Å². The molecule has 0 heterocycles. The molecule has 1 rings (SSSR count). The Hall–Kier alpha value is -1.51. The molecule has 1 aromatic rings. The molecule has 0 aliphatic carbocycles. The van der Waals surface area contributed by atoms with Crippen LogP contribution >= 0.6 is 0 Å². The maximum Gasteiger partial charge on any atom is 0.411 e. The number of aryl methyl sites for hydroxylation is 1. The van der Waals surface area contributed by atoms with E-state index in [1.165, 1.54) is 18.4 Å². The van der Waals surface area contributed by atoms with Crippen LogP contribution in [0.2, 0.25) is 0 Å². The van der Waals surface area contributed by atoms with Crippen LogP contribution in [0.5, 0.6) is 0 Å². The molecule has 0 atom stereocenters. The first-order chi connectivity index (χ1) is 7.26. The molecule has 0 saturated heterocycles. The summed E-state index contributed by atoms with van der Waals surface area (Å²) in [5.74, 6) is 0. The summed E-state index contributed by atoms with van der Waals surface area (Å²) < 4.78 is 4.25. The van der Waals surface area contributed by atoms with Crippen LogP contribution in [0.3, 0.4) is 0 Å². The zero-order valence-electron chi connectivity index (χ0n) is 8.95. The summed E-state index contributed by atoms with van der Waals surface area (Å²) in [6, 6.07) is 7.74. The van der Waals surface area contributed by atoms with Crippen LogP contribution in [0, 0.1) is 7.11 Å². The quantitative estimate of drug-likeness (QED) is 0.820. The number of rotatable bonds is 4. The van der Waals surface area contributed by atoms with Gasteiger partial charge in [0, 0.05) is 5.69 Å². The van der Waals surface area contributed by atoms with Gasteiger partial charge in [0.05, 0.1) is 0 Å². The van der Waals surface area contributed by atoms with Gasteiger partial charge in [0.1, 0.15) is 7.11 Å². The van der Waals surface area contributed by atoms with Crippen LogP contribution in [0.1, 0.15) is 25.3 Å². The van der Waals surface area contributed by atoms with Gasteiger partial charge in [0.25, 0.3) is 0 Å². The molecule has 0 bridgehead atoms. The third-order valence-electron chi connectivity index (χ3n) is 2.15.